The van der Waals surface area contributed by atoms with Crippen LogP contribution in [0.1, 0.15) is 48.7 Å². The summed E-state index contributed by atoms with van der Waals surface area (Å²) in [6, 6.07) is 26.0. The van der Waals surface area contributed by atoms with Crippen molar-refractivity contribution in [3.63, 3.8) is 0 Å². The van der Waals surface area contributed by atoms with Crippen LogP contribution in [0.25, 0.3) is 10.8 Å². The van der Waals surface area contributed by atoms with E-state index >= 15 is 0 Å². The minimum Gasteiger partial charge on any atom is -0.507 e. The zero-order valence-electron chi connectivity index (χ0n) is 23.0. The van der Waals surface area contributed by atoms with Crippen LogP contribution in [0.3, 0.4) is 0 Å². The molecule has 0 fully saturated rings. The number of hydrogen-bond acceptors (Lipinski definition) is 6. The van der Waals surface area contributed by atoms with Gasteiger partial charge in [0, 0.05) is 21.9 Å². The van der Waals surface area contributed by atoms with Crippen molar-refractivity contribution in [2.75, 3.05) is 11.1 Å². The van der Waals surface area contributed by atoms with E-state index in [1.807, 2.05) is 32.0 Å². The third-order valence-corrected chi connectivity index (χ3v) is 6.85. The number of alkyl carbamates (subject to hydrolysis) is 1. The lowest BCUT2D eigenvalue weighted by Gasteiger charge is -2.34. The first-order chi connectivity index (χ1) is 19.7. The molecule has 0 saturated carbocycles. The first-order valence-corrected chi connectivity index (χ1v) is 13.3. The molecule has 0 aliphatic heterocycles. The summed E-state index contributed by atoms with van der Waals surface area (Å²) in [5.41, 5.74) is 7.28. The fraction of sp³-hybridized carbons (Fsp3) is 0.182. The van der Waals surface area contributed by atoms with Gasteiger partial charge in [0.1, 0.15) is 11.9 Å². The molecule has 4 rings (SSSR count). The molecule has 1 atom stereocenters. The van der Waals surface area contributed by atoms with Gasteiger partial charge in [-0.25, -0.2) is 4.79 Å². The van der Waals surface area contributed by atoms with Gasteiger partial charge in [-0.1, -0.05) is 80.6 Å². The Balaban J connectivity index is 1.53. The Kier molecular flexibility index (Phi) is 9.04. The van der Waals surface area contributed by atoms with E-state index in [9.17, 15) is 19.5 Å². The zero-order chi connectivity index (χ0) is 29.4. The molecule has 0 saturated heterocycles. The quantitative estimate of drug-likeness (QED) is 0.135. The maximum absolute atomic E-state index is 13.0. The third kappa shape index (κ3) is 7.30. The summed E-state index contributed by atoms with van der Waals surface area (Å²) in [6.07, 6.45) is 2.56. The lowest BCUT2D eigenvalue weighted by molar-refractivity contribution is -0.111. The number of carbonyl (C=O) groups is 3. The average molecular weight is 552 g/mol. The van der Waals surface area contributed by atoms with Gasteiger partial charge in [-0.2, -0.15) is 0 Å². The normalized spacial score (nSPS) is 12.1. The lowest BCUT2D eigenvalue weighted by atomic mass is 9.77. The van der Waals surface area contributed by atoms with E-state index in [1.165, 1.54) is 6.08 Å². The van der Waals surface area contributed by atoms with Crippen molar-refractivity contribution >= 4 is 40.1 Å². The number of fused-ring (bicyclic) bond motifs is 1. The Labute approximate surface area is 238 Å². The molecule has 0 heterocycles. The highest BCUT2D eigenvalue weighted by Gasteiger charge is 2.35. The van der Waals surface area contributed by atoms with Gasteiger partial charge in [-0.15, -0.1) is 0 Å². The van der Waals surface area contributed by atoms with Crippen LogP contribution in [0.4, 0.5) is 16.2 Å². The van der Waals surface area contributed by atoms with Gasteiger partial charge >= 0.3 is 6.09 Å². The van der Waals surface area contributed by atoms with Gasteiger partial charge in [-0.05, 0) is 54.6 Å². The molecule has 4 aromatic carbocycles. The molecule has 0 bridgehead atoms. The largest absolute Gasteiger partial charge is 0.507 e. The highest BCUT2D eigenvalue weighted by atomic mass is 16.6. The topological polar surface area (TPSA) is 131 Å². The average Bonchev–Trinajstić information content (AvgIpc) is 2.96. The van der Waals surface area contributed by atoms with Crippen LogP contribution in [0.15, 0.2) is 103 Å². The van der Waals surface area contributed by atoms with E-state index < -0.39 is 23.5 Å². The zero-order valence-corrected chi connectivity index (χ0v) is 23.0. The van der Waals surface area contributed by atoms with Gasteiger partial charge in [0.25, 0.3) is 5.91 Å². The van der Waals surface area contributed by atoms with Gasteiger partial charge in [-0.3, -0.25) is 14.9 Å². The number of nitrogens with two attached hydrogens (primary N) is 1. The van der Waals surface area contributed by atoms with Crippen LogP contribution in [0.5, 0.6) is 5.75 Å². The Morgan fingerprint density at radius 1 is 0.902 bits per heavy atom. The minimum absolute atomic E-state index is 0.109. The standard InChI is InChI=1S/C33H33N3O5/c1-33(2,21-11-10-18-29(38)35-27-17-9-8-16-26(27)34)30(25-19-20-28(37)24-15-7-6-14-23(24)25)41-32(40)36-31(39)22-12-4-3-5-13-22/h3-10,12-20,30,37H,11,21,34H2,1-2H3,(H,35,38)(H,36,39,40)/b18-10+/t30-/m1/s1. The molecule has 210 valence electrons. The third-order valence-electron chi connectivity index (χ3n) is 6.85. The van der Waals surface area contributed by atoms with E-state index in [1.54, 1.807) is 78.9 Å². The number of allylic oxidation sites excluding steroid dienone is 1. The van der Waals surface area contributed by atoms with Crippen molar-refractivity contribution in [3.8, 4) is 5.75 Å². The summed E-state index contributed by atoms with van der Waals surface area (Å²) in [5, 5.41) is 16.8. The maximum atomic E-state index is 13.0. The number of hydrogen-bond donors (Lipinski definition) is 4. The van der Waals surface area contributed by atoms with Crippen molar-refractivity contribution in [2.45, 2.75) is 32.8 Å². The van der Waals surface area contributed by atoms with Crippen LogP contribution in [-0.2, 0) is 9.53 Å². The smallest absolute Gasteiger partial charge is 0.414 e. The molecule has 5 N–H and O–H groups in total. The second-order valence-corrected chi connectivity index (χ2v) is 10.3. The highest BCUT2D eigenvalue weighted by molar-refractivity contribution is 6.03. The minimum atomic E-state index is -0.885. The molecule has 8 heteroatoms. The monoisotopic (exact) mass is 551 g/mol. The van der Waals surface area contributed by atoms with Crippen molar-refractivity contribution in [1.29, 1.82) is 0 Å². The number of aromatic hydroxyl groups is 1. The molecule has 3 amide bonds. The first kappa shape index (κ1) is 28.9. The number of benzene rings is 4. The molecule has 0 radical (unpaired) electrons. The molecule has 0 spiro atoms. The summed E-state index contributed by atoms with van der Waals surface area (Å²) in [5.74, 6) is -0.773. The van der Waals surface area contributed by atoms with Crippen molar-refractivity contribution in [3.05, 3.63) is 114 Å². The summed E-state index contributed by atoms with van der Waals surface area (Å²) < 4.78 is 5.94. The van der Waals surface area contributed by atoms with E-state index in [0.717, 1.165) is 5.39 Å². The van der Waals surface area contributed by atoms with Gasteiger partial charge < -0.3 is 20.9 Å². The molecule has 0 aliphatic rings. The van der Waals surface area contributed by atoms with Crippen LogP contribution in [0.2, 0.25) is 0 Å². The predicted octanol–water partition coefficient (Wildman–Crippen LogP) is 6.74. The maximum Gasteiger partial charge on any atom is 0.414 e. The fourth-order valence-electron chi connectivity index (χ4n) is 4.63. The van der Waals surface area contributed by atoms with Gasteiger partial charge in [0.05, 0.1) is 11.4 Å². The number of amides is 3. The number of imide groups is 1. The van der Waals surface area contributed by atoms with Gasteiger partial charge in [0.15, 0.2) is 0 Å². The number of rotatable bonds is 9. The van der Waals surface area contributed by atoms with Crippen LogP contribution in [0, 0.1) is 5.41 Å². The van der Waals surface area contributed by atoms with Crippen molar-refractivity contribution in [1.82, 2.24) is 5.32 Å². The second-order valence-electron chi connectivity index (χ2n) is 10.3. The summed E-state index contributed by atoms with van der Waals surface area (Å²) in [4.78, 5) is 38.0. The number of phenols is 1. The van der Waals surface area contributed by atoms with Crippen LogP contribution in [-0.4, -0.2) is 23.0 Å². The Morgan fingerprint density at radius 3 is 2.29 bits per heavy atom. The second kappa shape index (κ2) is 12.8. The number of carbonyl (C=O) groups excluding carboxylic acids is 3. The van der Waals surface area contributed by atoms with Gasteiger partial charge in [0.2, 0.25) is 5.91 Å². The SMILES string of the molecule is CC(C)(CC/C=C/C(=O)Nc1ccccc1N)[C@H](OC(=O)NC(=O)c1ccccc1)c1ccc(O)c2ccccc12. The predicted molar refractivity (Wildman–Crippen MR) is 160 cm³/mol. The molecule has 41 heavy (non-hydrogen) atoms. The van der Waals surface area contributed by atoms with E-state index in [2.05, 4.69) is 10.6 Å². The Bertz CT molecular complexity index is 1580. The number of ether oxygens (including phenoxy) is 1. The number of para-hydroxylation sites is 2. The molecular formula is C33H33N3O5. The fourth-order valence-corrected chi connectivity index (χ4v) is 4.63. The first-order valence-electron chi connectivity index (χ1n) is 13.3. The molecule has 0 aliphatic carbocycles. The number of nitrogen functional groups attached to an aromatic ring is 1. The summed E-state index contributed by atoms with van der Waals surface area (Å²) in [7, 11) is 0. The highest BCUT2D eigenvalue weighted by Crippen LogP contribution is 2.44. The molecule has 0 aromatic heterocycles. The summed E-state index contributed by atoms with van der Waals surface area (Å²) >= 11 is 0. The van der Waals surface area contributed by atoms with E-state index in [4.69, 9.17) is 10.5 Å². The van der Waals surface area contributed by atoms with Crippen molar-refractivity contribution < 1.29 is 24.2 Å². The number of phenolic OH excluding ortho intramolecular Hbond substituents is 1. The van der Waals surface area contributed by atoms with E-state index in [0.29, 0.717) is 40.7 Å². The molecule has 8 nitrogen and oxygen atoms in total. The van der Waals surface area contributed by atoms with E-state index in [-0.39, 0.29) is 11.7 Å². The number of nitrogens with one attached hydrogen (secondary N) is 2. The Hall–Kier alpha value is -5.11. The lowest BCUT2D eigenvalue weighted by Crippen LogP contribution is -2.35. The molecular weight excluding hydrogens is 518 g/mol. The van der Waals surface area contributed by atoms with Crippen LogP contribution < -0.4 is 16.4 Å². The molecule has 0 unspecified atom stereocenters. The van der Waals surface area contributed by atoms with Crippen LogP contribution >= 0.6 is 0 Å². The summed E-state index contributed by atoms with van der Waals surface area (Å²) in [6.45, 7) is 3.90. The molecule has 4 aromatic rings. The van der Waals surface area contributed by atoms with Crippen molar-refractivity contribution in [2.24, 2.45) is 5.41 Å². The Morgan fingerprint density at radius 2 is 1.56 bits per heavy atom. The number of anilines is 2.